The Hall–Kier alpha value is -1.54. The molecule has 3 N–H and O–H groups in total. The largest absolute Gasteiger partial charge is 0.356 e. The molecule has 0 spiro atoms. The average Bonchev–Trinajstić information content (AvgIpc) is 2.36. The third-order valence-corrected chi connectivity index (χ3v) is 3.22. The van der Waals surface area contributed by atoms with Crippen LogP contribution in [0.15, 0.2) is 0 Å². The van der Waals surface area contributed by atoms with E-state index in [0.29, 0.717) is 25.6 Å². The number of rotatable bonds is 4. The van der Waals surface area contributed by atoms with Gasteiger partial charge in [0, 0.05) is 33.0 Å². The number of piperidine rings is 1. The molecule has 1 heterocycles. The number of nitrogens with zero attached hydrogens (tertiary/aromatic N) is 1. The van der Waals surface area contributed by atoms with Gasteiger partial charge in [-0.25, -0.2) is 0 Å². The van der Waals surface area contributed by atoms with Crippen molar-refractivity contribution >= 4 is 11.8 Å². The van der Waals surface area contributed by atoms with E-state index >= 15 is 0 Å². The Kier molecular flexibility index (Phi) is 5.66. The highest BCUT2D eigenvalue weighted by atomic mass is 16.2. The molecule has 1 atom stereocenters. The molecular formula is C13H21N3O2. The molecule has 1 fully saturated rings. The maximum atomic E-state index is 11.9. The standard InChI is InChI=1S/C13H21N3O2/c1-3-4-12(14)13(18)16-7-5-11(6-8-16)9-15-10(2)17/h1,11-12H,4-9,14H2,2H3,(H,15,17). The molecule has 1 unspecified atom stereocenters. The molecule has 5 nitrogen and oxygen atoms in total. The van der Waals surface area contributed by atoms with Crippen molar-refractivity contribution in [2.24, 2.45) is 11.7 Å². The van der Waals surface area contributed by atoms with Gasteiger partial charge in [-0.05, 0) is 18.8 Å². The van der Waals surface area contributed by atoms with Crippen LogP contribution in [0.4, 0.5) is 0 Å². The lowest BCUT2D eigenvalue weighted by atomic mass is 9.96. The molecular weight excluding hydrogens is 230 g/mol. The summed E-state index contributed by atoms with van der Waals surface area (Å²) in [5, 5.41) is 2.81. The van der Waals surface area contributed by atoms with Crippen molar-refractivity contribution < 1.29 is 9.59 Å². The molecule has 5 heteroatoms. The molecule has 1 aliphatic heterocycles. The van der Waals surface area contributed by atoms with E-state index in [1.807, 2.05) is 0 Å². The number of likely N-dealkylation sites (tertiary alicyclic amines) is 1. The van der Waals surface area contributed by atoms with Gasteiger partial charge in [0.2, 0.25) is 11.8 Å². The van der Waals surface area contributed by atoms with Crippen molar-refractivity contribution in [2.45, 2.75) is 32.2 Å². The minimum atomic E-state index is -0.582. The summed E-state index contributed by atoms with van der Waals surface area (Å²) in [6.07, 6.45) is 7.22. The molecule has 0 bridgehead atoms. The van der Waals surface area contributed by atoms with Crippen LogP contribution in [0.1, 0.15) is 26.2 Å². The highest BCUT2D eigenvalue weighted by Crippen LogP contribution is 2.17. The van der Waals surface area contributed by atoms with Gasteiger partial charge in [-0.1, -0.05) is 0 Å². The second-order valence-electron chi connectivity index (χ2n) is 4.72. The molecule has 100 valence electrons. The monoisotopic (exact) mass is 251 g/mol. The molecule has 0 aromatic carbocycles. The number of nitrogens with two attached hydrogens (primary N) is 1. The van der Waals surface area contributed by atoms with Crippen LogP contribution in [-0.2, 0) is 9.59 Å². The zero-order chi connectivity index (χ0) is 13.5. The first kappa shape index (κ1) is 14.5. The summed E-state index contributed by atoms with van der Waals surface area (Å²) in [5.41, 5.74) is 5.70. The number of hydrogen-bond donors (Lipinski definition) is 2. The van der Waals surface area contributed by atoms with E-state index in [1.54, 1.807) is 4.90 Å². The predicted molar refractivity (Wildman–Crippen MR) is 69.4 cm³/mol. The molecule has 18 heavy (non-hydrogen) atoms. The third kappa shape index (κ3) is 4.38. The van der Waals surface area contributed by atoms with Gasteiger partial charge in [-0.3, -0.25) is 9.59 Å². The Balaban J connectivity index is 2.33. The number of terminal acetylenes is 1. The van der Waals surface area contributed by atoms with E-state index in [-0.39, 0.29) is 18.2 Å². The van der Waals surface area contributed by atoms with Crippen molar-refractivity contribution in [1.82, 2.24) is 10.2 Å². The fraction of sp³-hybridized carbons (Fsp3) is 0.692. The van der Waals surface area contributed by atoms with Gasteiger partial charge in [-0.2, -0.15) is 0 Å². The second-order valence-corrected chi connectivity index (χ2v) is 4.72. The van der Waals surface area contributed by atoms with Crippen LogP contribution in [0.5, 0.6) is 0 Å². The van der Waals surface area contributed by atoms with Gasteiger partial charge < -0.3 is 16.0 Å². The molecule has 2 amide bonds. The van der Waals surface area contributed by atoms with Crippen LogP contribution < -0.4 is 11.1 Å². The summed E-state index contributed by atoms with van der Waals surface area (Å²) in [5.74, 6) is 2.78. The maximum absolute atomic E-state index is 11.9. The van der Waals surface area contributed by atoms with Gasteiger partial charge in [0.05, 0.1) is 6.04 Å². The van der Waals surface area contributed by atoms with Gasteiger partial charge in [0.15, 0.2) is 0 Å². The lowest BCUT2D eigenvalue weighted by molar-refractivity contribution is -0.134. The van der Waals surface area contributed by atoms with E-state index in [4.69, 9.17) is 12.2 Å². The molecule has 0 radical (unpaired) electrons. The Morgan fingerprint density at radius 1 is 1.50 bits per heavy atom. The zero-order valence-electron chi connectivity index (χ0n) is 10.8. The fourth-order valence-corrected chi connectivity index (χ4v) is 2.09. The van der Waals surface area contributed by atoms with Gasteiger partial charge in [0.1, 0.15) is 0 Å². The number of carbonyl (C=O) groups is 2. The summed E-state index contributed by atoms with van der Waals surface area (Å²) in [6.45, 7) is 3.59. The van der Waals surface area contributed by atoms with Crippen LogP contribution in [0.3, 0.4) is 0 Å². The quantitative estimate of drug-likeness (QED) is 0.674. The first-order valence-corrected chi connectivity index (χ1v) is 6.27. The molecule has 0 aliphatic carbocycles. The van der Waals surface area contributed by atoms with Crippen molar-refractivity contribution in [1.29, 1.82) is 0 Å². The van der Waals surface area contributed by atoms with E-state index < -0.39 is 6.04 Å². The first-order valence-electron chi connectivity index (χ1n) is 6.27. The summed E-state index contributed by atoms with van der Waals surface area (Å²) < 4.78 is 0. The van der Waals surface area contributed by atoms with E-state index in [0.717, 1.165) is 12.8 Å². The average molecular weight is 251 g/mol. The molecule has 0 saturated carbocycles. The third-order valence-electron chi connectivity index (χ3n) is 3.22. The van der Waals surface area contributed by atoms with Gasteiger partial charge in [0.25, 0.3) is 0 Å². The van der Waals surface area contributed by atoms with Crippen LogP contribution in [0, 0.1) is 18.3 Å². The Bertz CT molecular complexity index is 341. The van der Waals surface area contributed by atoms with E-state index in [9.17, 15) is 9.59 Å². The van der Waals surface area contributed by atoms with Crippen LogP contribution in [0.25, 0.3) is 0 Å². The van der Waals surface area contributed by atoms with Crippen molar-refractivity contribution in [3.8, 4) is 12.3 Å². The highest BCUT2D eigenvalue weighted by molar-refractivity contribution is 5.82. The Morgan fingerprint density at radius 3 is 2.61 bits per heavy atom. The number of carbonyl (C=O) groups excluding carboxylic acids is 2. The van der Waals surface area contributed by atoms with Gasteiger partial charge in [-0.15, -0.1) is 12.3 Å². The molecule has 1 rings (SSSR count). The number of amides is 2. The highest BCUT2D eigenvalue weighted by Gasteiger charge is 2.25. The molecule has 1 saturated heterocycles. The van der Waals surface area contributed by atoms with Crippen molar-refractivity contribution in [3.05, 3.63) is 0 Å². The molecule has 0 aromatic rings. The fourth-order valence-electron chi connectivity index (χ4n) is 2.09. The number of hydrogen-bond acceptors (Lipinski definition) is 3. The van der Waals surface area contributed by atoms with Crippen molar-refractivity contribution in [3.63, 3.8) is 0 Å². The minimum absolute atomic E-state index is 0.00968. The predicted octanol–water partition coefficient (Wildman–Crippen LogP) is -0.288. The summed E-state index contributed by atoms with van der Waals surface area (Å²) >= 11 is 0. The summed E-state index contributed by atoms with van der Waals surface area (Å²) in [7, 11) is 0. The smallest absolute Gasteiger partial charge is 0.240 e. The van der Waals surface area contributed by atoms with Gasteiger partial charge >= 0.3 is 0 Å². The lowest BCUT2D eigenvalue weighted by Gasteiger charge is -2.33. The molecule has 1 aliphatic rings. The zero-order valence-corrected chi connectivity index (χ0v) is 10.8. The Morgan fingerprint density at radius 2 is 2.11 bits per heavy atom. The SMILES string of the molecule is C#CCC(N)C(=O)N1CCC(CNC(C)=O)CC1. The van der Waals surface area contributed by atoms with Crippen molar-refractivity contribution in [2.75, 3.05) is 19.6 Å². The summed E-state index contributed by atoms with van der Waals surface area (Å²) in [6, 6.07) is -0.582. The Labute approximate surface area is 108 Å². The lowest BCUT2D eigenvalue weighted by Crippen LogP contribution is -2.48. The topological polar surface area (TPSA) is 75.4 Å². The van der Waals surface area contributed by atoms with Crippen LogP contribution in [-0.4, -0.2) is 42.4 Å². The van der Waals surface area contributed by atoms with Crippen LogP contribution in [0.2, 0.25) is 0 Å². The maximum Gasteiger partial charge on any atom is 0.240 e. The summed E-state index contributed by atoms with van der Waals surface area (Å²) in [4.78, 5) is 24.5. The van der Waals surface area contributed by atoms with E-state index in [2.05, 4.69) is 11.2 Å². The van der Waals surface area contributed by atoms with E-state index in [1.165, 1.54) is 6.92 Å². The number of nitrogens with one attached hydrogen (secondary N) is 1. The molecule has 0 aromatic heterocycles. The second kappa shape index (κ2) is 7.02. The first-order chi connectivity index (χ1) is 8.54. The van der Waals surface area contributed by atoms with Crippen LogP contribution >= 0.6 is 0 Å². The minimum Gasteiger partial charge on any atom is -0.356 e. The normalized spacial score (nSPS) is 17.9.